The first-order valence-electron chi connectivity index (χ1n) is 5.78. The summed E-state index contributed by atoms with van der Waals surface area (Å²) in [6.07, 6.45) is 10.2. The van der Waals surface area contributed by atoms with Gasteiger partial charge in [0.15, 0.2) is 0 Å². The molecule has 0 amide bonds. The van der Waals surface area contributed by atoms with E-state index >= 15 is 0 Å². The van der Waals surface area contributed by atoms with Crippen LogP contribution in [0, 0.1) is 0 Å². The third kappa shape index (κ3) is 3.06. The molecule has 3 aliphatic rings. The van der Waals surface area contributed by atoms with Gasteiger partial charge in [0.05, 0.1) is 0 Å². The maximum Gasteiger partial charge on any atom is -1.00 e. The number of rotatable bonds is 0. The Kier molecular flexibility index (Phi) is 5.50. The Bertz CT molecular complexity index is 411. The summed E-state index contributed by atoms with van der Waals surface area (Å²) in [6.45, 7) is 4.59. The first kappa shape index (κ1) is 15.5. The fourth-order valence-electron chi connectivity index (χ4n) is 2.80. The van der Waals surface area contributed by atoms with E-state index in [1.807, 2.05) is 6.56 Å². The van der Waals surface area contributed by atoms with E-state index in [1.165, 1.54) is 25.7 Å². The molecule has 0 aromatic rings. The molecule has 1 heterocycles. The van der Waals surface area contributed by atoms with Crippen LogP contribution in [0.3, 0.4) is 0 Å². The molecule has 0 nitrogen and oxygen atoms in total. The topological polar surface area (TPSA) is 0 Å². The maximum atomic E-state index is 2.47. The molecule has 0 atom stereocenters. The molecule has 90 valence electrons. The minimum absolute atomic E-state index is 0. The van der Waals surface area contributed by atoms with Crippen molar-refractivity contribution in [3.63, 3.8) is 0 Å². The van der Waals surface area contributed by atoms with Gasteiger partial charge in [0.25, 0.3) is 0 Å². The minimum atomic E-state index is -0.375. The monoisotopic (exact) mass is 344 g/mol. The Hall–Kier alpha value is 0.423. The molecule has 3 rings (SSSR count). The van der Waals surface area contributed by atoms with Gasteiger partial charge in [-0.25, -0.2) is 0 Å². The second-order valence-corrected chi connectivity index (χ2v) is 8.55. The number of allylic oxidation sites excluding steroid dienone is 8. The van der Waals surface area contributed by atoms with Gasteiger partial charge in [-0.15, -0.1) is 0 Å². The van der Waals surface area contributed by atoms with Crippen LogP contribution in [0.5, 0.6) is 0 Å². The zero-order valence-corrected chi connectivity index (χ0v) is 14.2. The van der Waals surface area contributed by atoms with Crippen molar-refractivity contribution in [3.8, 4) is 0 Å². The van der Waals surface area contributed by atoms with Gasteiger partial charge in [0.1, 0.15) is 0 Å². The summed E-state index contributed by atoms with van der Waals surface area (Å²) in [5, 5.41) is 0. The van der Waals surface area contributed by atoms with E-state index in [0.717, 1.165) is 0 Å². The van der Waals surface area contributed by atoms with E-state index in [4.69, 9.17) is 0 Å². The molecule has 0 spiro atoms. The third-order valence-corrected chi connectivity index (χ3v) is 7.42. The van der Waals surface area contributed by atoms with E-state index < -0.39 is 0 Å². The molecular weight excluding hydrogens is 330 g/mol. The summed E-state index contributed by atoms with van der Waals surface area (Å²) < 4.78 is 3.76. The Morgan fingerprint density at radius 3 is 1.65 bits per heavy atom. The van der Waals surface area contributed by atoms with Crippen LogP contribution in [0.1, 0.15) is 39.5 Å². The summed E-state index contributed by atoms with van der Waals surface area (Å²) in [4.78, 5) is 0. The van der Waals surface area contributed by atoms with Crippen LogP contribution in [0.2, 0.25) is 0 Å². The van der Waals surface area contributed by atoms with Gasteiger partial charge in [-0.05, 0) is 0 Å². The van der Waals surface area contributed by atoms with Crippen LogP contribution in [0.15, 0.2) is 41.0 Å². The molecule has 0 saturated heterocycles. The van der Waals surface area contributed by atoms with Crippen LogP contribution < -0.4 is 24.8 Å². The Morgan fingerprint density at radius 1 is 0.824 bits per heavy atom. The maximum absolute atomic E-state index is 2.47. The average Bonchev–Trinajstić information content (AvgIpc) is 2.65. The molecule has 1 aliphatic heterocycles. The van der Waals surface area contributed by atoms with E-state index in [-0.39, 0.29) is 48.0 Å². The van der Waals surface area contributed by atoms with E-state index in [9.17, 15) is 0 Å². The Morgan fingerprint density at radius 2 is 1.24 bits per heavy atom. The van der Waals surface area contributed by atoms with Gasteiger partial charge in [0, 0.05) is 0 Å². The standard InChI is InChI=1S/C14H16.2ClH.Zr/c1-11-3-5-13(9-11)7-8-14-6-4-12(2)10-14;;;/h9-10H,3-4,7-8H2,1-2H3;2*1H;/q;;;+2/p-2. The number of hydrogen-bond acceptors (Lipinski definition) is 0. The largest absolute Gasteiger partial charge is 1.00 e. The van der Waals surface area contributed by atoms with Crippen molar-refractivity contribution in [1.82, 2.24) is 0 Å². The summed E-state index contributed by atoms with van der Waals surface area (Å²) in [5.41, 5.74) is 6.65. The van der Waals surface area contributed by atoms with Crippen molar-refractivity contribution in [1.29, 1.82) is 0 Å². The SMILES string of the molecule is CC1=CC2=[C](C1)[Zr+2][C]1=C(C=C(C)C1)CC2.[Cl-].[Cl-]. The molecule has 3 heteroatoms. The van der Waals surface area contributed by atoms with Crippen molar-refractivity contribution in [3.05, 3.63) is 41.0 Å². The minimum Gasteiger partial charge on any atom is -1.00 e. The van der Waals surface area contributed by atoms with Crippen LogP contribution in [0.4, 0.5) is 0 Å². The van der Waals surface area contributed by atoms with Crippen molar-refractivity contribution in [2.45, 2.75) is 39.5 Å². The summed E-state index contributed by atoms with van der Waals surface area (Å²) in [5.74, 6) is 0. The quantitative estimate of drug-likeness (QED) is 0.480. The molecule has 0 saturated carbocycles. The molecule has 2 aliphatic carbocycles. The predicted octanol–water partition coefficient (Wildman–Crippen LogP) is -1.92. The molecule has 0 radical (unpaired) electrons. The summed E-state index contributed by atoms with van der Waals surface area (Å²) in [7, 11) is 0. The first-order chi connectivity index (χ1) is 7.22. The molecule has 0 unspecified atom stereocenters. The van der Waals surface area contributed by atoms with E-state index in [0.29, 0.717) is 0 Å². The third-order valence-electron chi connectivity index (χ3n) is 3.49. The smallest absolute Gasteiger partial charge is 1.00 e. The first-order valence-corrected chi connectivity index (χ1v) is 8.23. The van der Waals surface area contributed by atoms with Crippen LogP contribution in [-0.2, 0) is 23.2 Å². The summed E-state index contributed by atoms with van der Waals surface area (Å²) >= 11 is -0.375. The van der Waals surface area contributed by atoms with E-state index in [1.54, 1.807) is 22.3 Å². The zero-order chi connectivity index (χ0) is 10.4. The second kappa shape index (κ2) is 6.04. The molecule has 17 heavy (non-hydrogen) atoms. The van der Waals surface area contributed by atoms with Gasteiger partial charge in [0.2, 0.25) is 0 Å². The second-order valence-electron chi connectivity index (χ2n) is 4.97. The fourth-order valence-corrected chi connectivity index (χ4v) is 7.26. The average molecular weight is 346 g/mol. The van der Waals surface area contributed by atoms with Crippen molar-refractivity contribution in [2.75, 3.05) is 0 Å². The fraction of sp³-hybridized carbons (Fsp3) is 0.429. The summed E-state index contributed by atoms with van der Waals surface area (Å²) in [6, 6.07) is 0. The molecule has 0 fully saturated rings. The van der Waals surface area contributed by atoms with Crippen molar-refractivity contribution < 1.29 is 48.0 Å². The Labute approximate surface area is 128 Å². The van der Waals surface area contributed by atoms with Gasteiger partial charge in [-0.3, -0.25) is 0 Å². The molecule has 0 aromatic carbocycles. The molecule has 0 aromatic heterocycles. The number of halogens is 2. The van der Waals surface area contributed by atoms with Crippen LogP contribution in [0.25, 0.3) is 0 Å². The van der Waals surface area contributed by atoms with Crippen molar-refractivity contribution >= 4 is 0 Å². The molecular formula is C14H16Cl2Zr. The molecule has 0 N–H and O–H groups in total. The van der Waals surface area contributed by atoms with Crippen molar-refractivity contribution in [2.24, 2.45) is 0 Å². The van der Waals surface area contributed by atoms with Gasteiger partial charge in [-0.1, -0.05) is 0 Å². The van der Waals surface area contributed by atoms with Crippen LogP contribution >= 0.6 is 0 Å². The van der Waals surface area contributed by atoms with E-state index in [2.05, 4.69) is 26.0 Å². The number of hydrogen-bond donors (Lipinski definition) is 0. The Balaban J connectivity index is 0.000000722. The van der Waals surface area contributed by atoms with Gasteiger partial charge < -0.3 is 24.8 Å². The predicted molar refractivity (Wildman–Crippen MR) is 60.0 cm³/mol. The molecule has 0 bridgehead atoms. The zero-order valence-electron chi connectivity index (χ0n) is 10.2. The van der Waals surface area contributed by atoms with Gasteiger partial charge >= 0.3 is 104 Å². The van der Waals surface area contributed by atoms with Crippen LogP contribution in [-0.4, -0.2) is 0 Å². The van der Waals surface area contributed by atoms with Gasteiger partial charge in [-0.2, -0.15) is 0 Å². The normalized spacial score (nSPS) is 21.1.